The van der Waals surface area contributed by atoms with E-state index in [0.717, 1.165) is 20.8 Å². The van der Waals surface area contributed by atoms with Crippen LogP contribution in [-0.2, 0) is 0 Å². The minimum absolute atomic E-state index is 0.837. The number of para-hydroxylation sites is 1. The fourth-order valence-electron chi connectivity index (χ4n) is 1.51. The van der Waals surface area contributed by atoms with Crippen LogP contribution >= 0.6 is 27.3 Å². The average Bonchev–Trinajstić information content (AvgIpc) is 2.72. The Morgan fingerprint density at radius 3 is 2.62 bits per heavy atom. The Kier molecular flexibility index (Phi) is 2.46. The lowest BCUT2D eigenvalue weighted by molar-refractivity contribution is 1.26. The van der Waals surface area contributed by atoms with Crippen molar-refractivity contribution < 1.29 is 0 Å². The Morgan fingerprint density at radius 2 is 1.81 bits per heavy atom. The van der Waals surface area contributed by atoms with Crippen LogP contribution in [0.1, 0.15) is 0 Å². The van der Waals surface area contributed by atoms with E-state index >= 15 is 0 Å². The standard InChI is InChI=1S/C12H7BrN2S/c13-11-7-3-5-9(14-11)12-15-8-4-1-2-6-10(8)16-12/h1-7H. The van der Waals surface area contributed by atoms with Crippen LogP contribution in [0, 0.1) is 0 Å². The van der Waals surface area contributed by atoms with Gasteiger partial charge in [-0.3, -0.25) is 0 Å². The van der Waals surface area contributed by atoms with Crippen molar-refractivity contribution >= 4 is 37.5 Å². The summed E-state index contributed by atoms with van der Waals surface area (Å²) < 4.78 is 2.03. The minimum atomic E-state index is 0.837. The highest BCUT2D eigenvalue weighted by Gasteiger charge is 2.06. The van der Waals surface area contributed by atoms with Crippen molar-refractivity contribution in [1.29, 1.82) is 0 Å². The van der Waals surface area contributed by atoms with E-state index in [1.54, 1.807) is 11.3 Å². The zero-order valence-corrected chi connectivity index (χ0v) is 10.6. The first kappa shape index (κ1) is 9.93. The number of benzene rings is 1. The normalized spacial score (nSPS) is 10.8. The van der Waals surface area contributed by atoms with E-state index < -0.39 is 0 Å². The quantitative estimate of drug-likeness (QED) is 0.630. The fourth-order valence-corrected chi connectivity index (χ4v) is 2.79. The summed E-state index contributed by atoms with van der Waals surface area (Å²) in [6.07, 6.45) is 0. The first-order chi connectivity index (χ1) is 7.83. The predicted molar refractivity (Wildman–Crippen MR) is 70.6 cm³/mol. The summed E-state index contributed by atoms with van der Waals surface area (Å²) in [6, 6.07) is 14.0. The molecular weight excluding hydrogens is 284 g/mol. The molecule has 0 amide bonds. The molecule has 0 saturated heterocycles. The lowest BCUT2D eigenvalue weighted by atomic mass is 10.3. The van der Waals surface area contributed by atoms with Gasteiger partial charge in [0, 0.05) is 0 Å². The molecule has 0 N–H and O–H groups in total. The van der Waals surface area contributed by atoms with Crippen LogP contribution < -0.4 is 0 Å². The number of rotatable bonds is 1. The zero-order valence-electron chi connectivity index (χ0n) is 8.22. The topological polar surface area (TPSA) is 25.8 Å². The largest absolute Gasteiger partial charge is 0.238 e. The molecule has 4 heteroatoms. The Labute approximate surface area is 105 Å². The van der Waals surface area contributed by atoms with E-state index in [2.05, 4.69) is 32.0 Å². The second-order valence-corrected chi connectivity index (χ2v) is 5.18. The molecule has 0 aliphatic heterocycles. The van der Waals surface area contributed by atoms with Crippen LogP contribution in [-0.4, -0.2) is 9.97 Å². The molecule has 1 aromatic carbocycles. The Morgan fingerprint density at radius 1 is 0.938 bits per heavy atom. The number of hydrogen-bond donors (Lipinski definition) is 0. The lowest BCUT2D eigenvalue weighted by Gasteiger charge is -1.94. The molecule has 78 valence electrons. The first-order valence-electron chi connectivity index (χ1n) is 4.81. The molecule has 3 aromatic rings. The molecular formula is C12H7BrN2S. The molecule has 3 rings (SSSR count). The number of thiazole rings is 1. The van der Waals surface area contributed by atoms with Gasteiger partial charge in [-0.2, -0.15) is 0 Å². The van der Waals surface area contributed by atoms with Gasteiger partial charge in [-0.1, -0.05) is 18.2 Å². The van der Waals surface area contributed by atoms with Crippen molar-refractivity contribution in [3.63, 3.8) is 0 Å². The number of pyridine rings is 1. The number of nitrogens with zero attached hydrogens (tertiary/aromatic N) is 2. The molecule has 0 saturated carbocycles. The average molecular weight is 291 g/mol. The molecule has 0 fully saturated rings. The SMILES string of the molecule is Brc1cccc(-c2nc3ccccc3s2)n1. The van der Waals surface area contributed by atoms with Gasteiger partial charge in [0.15, 0.2) is 0 Å². The van der Waals surface area contributed by atoms with E-state index in [0.29, 0.717) is 0 Å². The monoisotopic (exact) mass is 290 g/mol. The smallest absolute Gasteiger partial charge is 0.143 e. The van der Waals surface area contributed by atoms with Crippen LogP contribution in [0.15, 0.2) is 47.1 Å². The number of aromatic nitrogens is 2. The van der Waals surface area contributed by atoms with Crippen molar-refractivity contribution in [2.24, 2.45) is 0 Å². The molecule has 16 heavy (non-hydrogen) atoms. The van der Waals surface area contributed by atoms with E-state index in [-0.39, 0.29) is 0 Å². The van der Waals surface area contributed by atoms with E-state index in [1.165, 1.54) is 4.70 Å². The molecule has 2 heterocycles. The number of hydrogen-bond acceptors (Lipinski definition) is 3. The van der Waals surface area contributed by atoms with Crippen LogP contribution in [0.2, 0.25) is 0 Å². The van der Waals surface area contributed by atoms with Crippen LogP contribution in [0.4, 0.5) is 0 Å². The fraction of sp³-hybridized carbons (Fsp3) is 0. The van der Waals surface area contributed by atoms with Crippen molar-refractivity contribution in [2.45, 2.75) is 0 Å². The van der Waals surface area contributed by atoms with Crippen molar-refractivity contribution in [1.82, 2.24) is 9.97 Å². The molecule has 0 unspecified atom stereocenters. The molecule has 0 radical (unpaired) electrons. The first-order valence-corrected chi connectivity index (χ1v) is 6.42. The summed E-state index contributed by atoms with van der Waals surface area (Å²) >= 11 is 5.03. The lowest BCUT2D eigenvalue weighted by Crippen LogP contribution is -1.81. The Balaban J connectivity index is 2.19. The highest BCUT2D eigenvalue weighted by molar-refractivity contribution is 9.10. The van der Waals surface area contributed by atoms with Gasteiger partial charge in [-0.05, 0) is 40.2 Å². The third kappa shape index (κ3) is 1.74. The molecule has 0 aliphatic carbocycles. The maximum atomic E-state index is 4.56. The van der Waals surface area contributed by atoms with Gasteiger partial charge in [-0.25, -0.2) is 9.97 Å². The zero-order chi connectivity index (χ0) is 11.0. The van der Waals surface area contributed by atoms with Gasteiger partial charge in [-0.15, -0.1) is 11.3 Å². The summed E-state index contributed by atoms with van der Waals surface area (Å²) in [5, 5.41) is 0.961. The molecule has 2 aromatic heterocycles. The maximum absolute atomic E-state index is 4.56. The van der Waals surface area contributed by atoms with Gasteiger partial charge in [0.25, 0.3) is 0 Å². The third-order valence-electron chi connectivity index (χ3n) is 2.23. The molecule has 2 nitrogen and oxygen atoms in total. The highest BCUT2D eigenvalue weighted by Crippen LogP contribution is 2.29. The van der Waals surface area contributed by atoms with Gasteiger partial charge >= 0.3 is 0 Å². The Bertz CT molecular complexity index is 615. The van der Waals surface area contributed by atoms with Crippen LogP contribution in [0.25, 0.3) is 20.9 Å². The molecule has 0 spiro atoms. The Hall–Kier alpha value is -1.26. The van der Waals surface area contributed by atoms with Crippen molar-refractivity contribution in [2.75, 3.05) is 0 Å². The van der Waals surface area contributed by atoms with Gasteiger partial charge in [0.05, 0.1) is 10.2 Å². The summed E-state index contributed by atoms with van der Waals surface area (Å²) in [4.78, 5) is 8.96. The summed E-state index contributed by atoms with van der Waals surface area (Å²) in [5.74, 6) is 0. The van der Waals surface area contributed by atoms with Gasteiger partial charge < -0.3 is 0 Å². The van der Waals surface area contributed by atoms with E-state index in [9.17, 15) is 0 Å². The van der Waals surface area contributed by atoms with Crippen LogP contribution in [0.3, 0.4) is 0 Å². The van der Waals surface area contributed by atoms with E-state index in [4.69, 9.17) is 0 Å². The second-order valence-electron chi connectivity index (χ2n) is 3.33. The summed E-state index contributed by atoms with van der Waals surface area (Å²) in [6.45, 7) is 0. The van der Waals surface area contributed by atoms with Crippen molar-refractivity contribution in [3.05, 3.63) is 47.1 Å². The summed E-state index contributed by atoms with van der Waals surface area (Å²) in [5.41, 5.74) is 1.94. The van der Waals surface area contributed by atoms with E-state index in [1.807, 2.05) is 36.4 Å². The van der Waals surface area contributed by atoms with Crippen molar-refractivity contribution in [3.8, 4) is 10.7 Å². The highest BCUT2D eigenvalue weighted by atomic mass is 79.9. The maximum Gasteiger partial charge on any atom is 0.143 e. The molecule has 0 bridgehead atoms. The number of halogens is 1. The van der Waals surface area contributed by atoms with Gasteiger partial charge in [0.1, 0.15) is 15.3 Å². The summed E-state index contributed by atoms with van der Waals surface area (Å²) in [7, 11) is 0. The van der Waals surface area contributed by atoms with Gasteiger partial charge in [0.2, 0.25) is 0 Å². The molecule has 0 aliphatic rings. The molecule has 0 atom stereocenters. The minimum Gasteiger partial charge on any atom is -0.238 e. The second kappa shape index (κ2) is 3.96. The number of fused-ring (bicyclic) bond motifs is 1. The van der Waals surface area contributed by atoms with Crippen LogP contribution in [0.5, 0.6) is 0 Å². The predicted octanol–water partition coefficient (Wildman–Crippen LogP) is 4.12. The third-order valence-corrected chi connectivity index (χ3v) is 3.73.